The van der Waals surface area contributed by atoms with Gasteiger partial charge >= 0.3 is 0 Å². The van der Waals surface area contributed by atoms with Gasteiger partial charge in [0.05, 0.1) is 0 Å². The Morgan fingerprint density at radius 1 is 1.15 bits per heavy atom. The van der Waals surface area contributed by atoms with Crippen LogP contribution in [0.1, 0.15) is 39.0 Å². The molecule has 2 nitrogen and oxygen atoms in total. The predicted molar refractivity (Wildman–Crippen MR) is 87.4 cm³/mol. The molecule has 116 valence electrons. The van der Waals surface area contributed by atoms with Gasteiger partial charge in [0, 0.05) is 13.2 Å². The molecule has 0 aliphatic carbocycles. The van der Waals surface area contributed by atoms with E-state index in [1.807, 2.05) is 6.92 Å². The van der Waals surface area contributed by atoms with Crippen molar-refractivity contribution in [1.82, 2.24) is 0 Å². The first-order valence-electron chi connectivity index (χ1n) is 7.11. The molecule has 1 rings (SSSR count). The third-order valence-electron chi connectivity index (χ3n) is 2.75. The number of hydrogen-bond acceptors (Lipinski definition) is 2. The zero-order valence-electron chi connectivity index (χ0n) is 13.1. The van der Waals surface area contributed by atoms with Crippen molar-refractivity contribution in [3.8, 4) is 0 Å². The molecule has 1 aliphatic rings. The van der Waals surface area contributed by atoms with E-state index >= 15 is 0 Å². The molecular formula is C17H30FNO. The van der Waals surface area contributed by atoms with E-state index in [1.165, 1.54) is 38.5 Å². The fourth-order valence-electron chi connectivity index (χ4n) is 1.47. The monoisotopic (exact) mass is 283 g/mol. The smallest absolute Gasteiger partial charge is 0.126 e. The second kappa shape index (κ2) is 15.9. The van der Waals surface area contributed by atoms with E-state index in [0.29, 0.717) is 12.0 Å². The average molecular weight is 283 g/mol. The number of halogens is 1. The fourth-order valence-corrected chi connectivity index (χ4v) is 1.47. The summed E-state index contributed by atoms with van der Waals surface area (Å²) in [6.07, 6.45) is 8.05. The number of nitrogens with two attached hydrogens (primary N) is 1. The highest BCUT2D eigenvalue weighted by Crippen LogP contribution is 2.18. The van der Waals surface area contributed by atoms with Gasteiger partial charge in [-0.3, -0.25) is 0 Å². The standard InChI is InChI=1S/C11H15F.C5H10O.CH5N/c1-5-9(4)8-10(6-2)11(12)7-3;1-2-4-6-5-3-1;1-2/h6-7H,2-5,8H2,1H3;1-5H2;2H2,1H3/b11-10-;;. The molecule has 0 unspecified atom stereocenters. The largest absolute Gasteiger partial charge is 0.381 e. The fraction of sp³-hybridized carbons (Fsp3) is 0.529. The van der Waals surface area contributed by atoms with Gasteiger partial charge < -0.3 is 10.5 Å². The SMILES string of the molecule is C1CCOCC1.C=C/C(F)=C(\C=C)CC(=C)CC.CN. The normalized spacial score (nSPS) is 14.6. The van der Waals surface area contributed by atoms with Crippen LogP contribution in [0.4, 0.5) is 4.39 Å². The minimum atomic E-state index is -0.306. The zero-order chi connectivity index (χ0) is 15.8. The Bertz CT molecular complexity index is 293. The molecule has 2 N–H and O–H groups in total. The van der Waals surface area contributed by atoms with E-state index in [9.17, 15) is 4.39 Å². The first-order chi connectivity index (χ1) is 9.65. The summed E-state index contributed by atoms with van der Waals surface area (Å²) in [7, 11) is 1.50. The molecule has 0 amide bonds. The summed E-state index contributed by atoms with van der Waals surface area (Å²) in [4.78, 5) is 0. The molecule has 1 heterocycles. The lowest BCUT2D eigenvalue weighted by Crippen LogP contribution is -2.03. The second-order valence-electron chi connectivity index (χ2n) is 4.23. The summed E-state index contributed by atoms with van der Waals surface area (Å²) in [6, 6.07) is 0. The number of rotatable bonds is 5. The molecule has 1 saturated heterocycles. The molecule has 0 aromatic heterocycles. The Morgan fingerprint density at radius 2 is 1.70 bits per heavy atom. The summed E-state index contributed by atoms with van der Waals surface area (Å²) in [5, 5.41) is 0. The van der Waals surface area contributed by atoms with Gasteiger partial charge in [-0.2, -0.15) is 0 Å². The van der Waals surface area contributed by atoms with Gasteiger partial charge in [-0.25, -0.2) is 4.39 Å². The molecule has 0 spiro atoms. The average Bonchev–Trinajstić information content (AvgIpc) is 2.55. The van der Waals surface area contributed by atoms with E-state index < -0.39 is 0 Å². The van der Waals surface area contributed by atoms with Crippen LogP contribution in [0, 0.1) is 0 Å². The van der Waals surface area contributed by atoms with Crippen LogP contribution in [-0.2, 0) is 4.74 Å². The predicted octanol–water partition coefficient (Wildman–Crippen LogP) is 4.70. The second-order valence-corrected chi connectivity index (χ2v) is 4.23. The van der Waals surface area contributed by atoms with Crippen LogP contribution in [0.15, 0.2) is 48.9 Å². The third kappa shape index (κ3) is 11.9. The van der Waals surface area contributed by atoms with Crippen molar-refractivity contribution in [1.29, 1.82) is 0 Å². The molecule has 0 aromatic carbocycles. The van der Waals surface area contributed by atoms with Gasteiger partial charge in [-0.05, 0) is 50.8 Å². The molecule has 0 saturated carbocycles. The van der Waals surface area contributed by atoms with E-state index in [2.05, 4.69) is 25.5 Å². The molecule has 1 fully saturated rings. The van der Waals surface area contributed by atoms with Crippen LogP contribution < -0.4 is 5.73 Å². The van der Waals surface area contributed by atoms with Gasteiger partial charge in [-0.15, -0.1) is 0 Å². The first kappa shape index (κ1) is 21.1. The van der Waals surface area contributed by atoms with Crippen molar-refractivity contribution in [3.05, 3.63) is 48.9 Å². The third-order valence-corrected chi connectivity index (χ3v) is 2.75. The molecule has 20 heavy (non-hydrogen) atoms. The van der Waals surface area contributed by atoms with Crippen LogP contribution in [0.5, 0.6) is 0 Å². The maximum absolute atomic E-state index is 12.9. The number of allylic oxidation sites excluding steroid dienone is 5. The van der Waals surface area contributed by atoms with Crippen molar-refractivity contribution in [2.75, 3.05) is 20.3 Å². The zero-order valence-corrected chi connectivity index (χ0v) is 13.1. The van der Waals surface area contributed by atoms with Crippen LogP contribution in [-0.4, -0.2) is 20.3 Å². The minimum absolute atomic E-state index is 0.306. The van der Waals surface area contributed by atoms with Crippen LogP contribution in [0.3, 0.4) is 0 Å². The van der Waals surface area contributed by atoms with E-state index in [4.69, 9.17) is 4.74 Å². The summed E-state index contributed by atoms with van der Waals surface area (Å²) in [5.41, 5.74) is 6.07. The van der Waals surface area contributed by atoms with Crippen molar-refractivity contribution in [2.45, 2.75) is 39.0 Å². The Morgan fingerprint density at radius 3 is 1.95 bits per heavy atom. The Balaban J connectivity index is 0. The maximum Gasteiger partial charge on any atom is 0.126 e. The van der Waals surface area contributed by atoms with Crippen molar-refractivity contribution in [2.24, 2.45) is 5.73 Å². The summed E-state index contributed by atoms with van der Waals surface area (Å²) in [6.45, 7) is 14.7. The van der Waals surface area contributed by atoms with Crippen molar-refractivity contribution < 1.29 is 9.13 Å². The Labute approximate surface area is 123 Å². The van der Waals surface area contributed by atoms with E-state index in [0.717, 1.165) is 25.2 Å². The summed E-state index contributed by atoms with van der Waals surface area (Å²) >= 11 is 0. The molecular weight excluding hydrogens is 253 g/mol. The molecule has 3 heteroatoms. The Kier molecular flexibility index (Phi) is 16.8. The molecule has 1 aliphatic heterocycles. The quantitative estimate of drug-likeness (QED) is 0.586. The van der Waals surface area contributed by atoms with Gasteiger partial charge in [0.2, 0.25) is 0 Å². The lowest BCUT2D eigenvalue weighted by Gasteiger charge is -2.08. The maximum atomic E-state index is 12.9. The van der Waals surface area contributed by atoms with Gasteiger partial charge in [0.1, 0.15) is 5.83 Å². The highest BCUT2D eigenvalue weighted by molar-refractivity contribution is 5.30. The lowest BCUT2D eigenvalue weighted by atomic mass is 10.0. The van der Waals surface area contributed by atoms with Crippen molar-refractivity contribution >= 4 is 0 Å². The van der Waals surface area contributed by atoms with E-state index in [1.54, 1.807) is 0 Å². The molecule has 0 bridgehead atoms. The highest BCUT2D eigenvalue weighted by atomic mass is 19.1. The lowest BCUT2D eigenvalue weighted by molar-refractivity contribution is 0.0968. The van der Waals surface area contributed by atoms with Gasteiger partial charge in [0.25, 0.3) is 0 Å². The van der Waals surface area contributed by atoms with Crippen LogP contribution >= 0.6 is 0 Å². The summed E-state index contributed by atoms with van der Waals surface area (Å²) < 4.78 is 18.0. The number of hydrogen-bond donors (Lipinski definition) is 1. The van der Waals surface area contributed by atoms with Crippen LogP contribution in [0.2, 0.25) is 0 Å². The topological polar surface area (TPSA) is 35.2 Å². The minimum Gasteiger partial charge on any atom is -0.381 e. The highest BCUT2D eigenvalue weighted by Gasteiger charge is 2.00. The summed E-state index contributed by atoms with van der Waals surface area (Å²) in [5.74, 6) is -0.306. The first-order valence-corrected chi connectivity index (χ1v) is 7.11. The van der Waals surface area contributed by atoms with Crippen LogP contribution in [0.25, 0.3) is 0 Å². The molecule has 0 atom stereocenters. The van der Waals surface area contributed by atoms with Crippen molar-refractivity contribution in [3.63, 3.8) is 0 Å². The van der Waals surface area contributed by atoms with Gasteiger partial charge in [0.15, 0.2) is 0 Å². The van der Waals surface area contributed by atoms with E-state index in [-0.39, 0.29) is 5.83 Å². The number of ether oxygens (including phenoxy) is 1. The molecule has 0 radical (unpaired) electrons. The Hall–Kier alpha value is -1.19. The van der Waals surface area contributed by atoms with Gasteiger partial charge in [-0.1, -0.05) is 38.3 Å². The molecule has 0 aromatic rings.